The maximum Gasteiger partial charge on any atom is 0.332 e. The summed E-state index contributed by atoms with van der Waals surface area (Å²) in [7, 11) is 1.33. The summed E-state index contributed by atoms with van der Waals surface area (Å²) in [6, 6.07) is 0. The Balaban J connectivity index is 0. The first-order chi connectivity index (χ1) is 5.09. The van der Waals surface area contributed by atoms with Crippen molar-refractivity contribution < 1.29 is 9.53 Å². The summed E-state index contributed by atoms with van der Waals surface area (Å²) in [4.78, 5) is 10.2. The van der Waals surface area contributed by atoms with Gasteiger partial charge >= 0.3 is 5.97 Å². The van der Waals surface area contributed by atoms with Gasteiger partial charge in [-0.05, 0) is 6.92 Å². The van der Waals surface area contributed by atoms with Crippen molar-refractivity contribution in [1.29, 1.82) is 0 Å². The zero-order valence-electron chi connectivity index (χ0n) is 6.69. The molecule has 0 rings (SSSR count). The molecule has 0 aliphatic heterocycles. The fourth-order valence-electron chi connectivity index (χ4n) is 0.174. The summed E-state index contributed by atoms with van der Waals surface area (Å²) in [6.45, 7) is 4.95. The van der Waals surface area contributed by atoms with E-state index in [0.29, 0.717) is 17.3 Å². The molecule has 0 N–H and O–H groups in total. The average molecular weight is 199 g/mol. The van der Waals surface area contributed by atoms with Crippen LogP contribution >= 0.6 is 23.2 Å². The third-order valence-corrected chi connectivity index (χ3v) is 1.18. The third kappa shape index (κ3) is 12.9. The van der Waals surface area contributed by atoms with Crippen LogP contribution in [0.5, 0.6) is 0 Å². The van der Waals surface area contributed by atoms with Crippen LogP contribution in [0.15, 0.2) is 12.2 Å². The van der Waals surface area contributed by atoms with Crippen LogP contribution in [-0.4, -0.2) is 24.8 Å². The number of halogens is 2. The summed E-state index contributed by atoms with van der Waals surface area (Å²) in [5.41, 5.74) is 0.433. The first-order valence-electron chi connectivity index (χ1n) is 2.95. The maximum absolute atomic E-state index is 10.2. The molecule has 0 amide bonds. The second kappa shape index (κ2) is 9.79. The van der Waals surface area contributed by atoms with Gasteiger partial charge in [-0.1, -0.05) is 6.58 Å². The van der Waals surface area contributed by atoms with Gasteiger partial charge in [0.25, 0.3) is 0 Å². The molecule has 0 aliphatic rings. The predicted molar refractivity (Wildman–Crippen MR) is 48.3 cm³/mol. The van der Waals surface area contributed by atoms with E-state index >= 15 is 0 Å². The van der Waals surface area contributed by atoms with Gasteiger partial charge in [0.2, 0.25) is 0 Å². The topological polar surface area (TPSA) is 26.3 Å². The fourth-order valence-corrected chi connectivity index (χ4v) is 0.174. The molecule has 0 saturated carbocycles. The predicted octanol–water partition coefficient (Wildman–Crippen LogP) is 2.20. The SMILES string of the molecule is C=C(C)C(=O)OC.ClCCCl. The van der Waals surface area contributed by atoms with E-state index in [0.717, 1.165) is 0 Å². The lowest BCUT2D eigenvalue weighted by atomic mass is 10.4. The lowest BCUT2D eigenvalue weighted by Crippen LogP contribution is -1.98. The number of esters is 1. The second-order valence-corrected chi connectivity index (χ2v) is 2.41. The minimum atomic E-state index is -0.347. The van der Waals surface area contributed by atoms with Crippen molar-refractivity contribution in [2.24, 2.45) is 0 Å². The van der Waals surface area contributed by atoms with E-state index in [9.17, 15) is 4.79 Å². The zero-order chi connectivity index (χ0) is 9.28. The maximum atomic E-state index is 10.2. The van der Waals surface area contributed by atoms with Crippen LogP contribution < -0.4 is 0 Å². The molecule has 0 fully saturated rings. The largest absolute Gasteiger partial charge is 0.466 e. The summed E-state index contributed by atoms with van der Waals surface area (Å²) in [5.74, 6) is 0.767. The highest BCUT2D eigenvalue weighted by Crippen LogP contribution is 1.87. The number of hydrogen-bond acceptors (Lipinski definition) is 2. The Kier molecular flexibility index (Phi) is 11.9. The molecule has 0 heterocycles. The molecule has 2 nitrogen and oxygen atoms in total. The highest BCUT2D eigenvalue weighted by molar-refractivity contribution is 6.25. The Morgan fingerprint density at radius 1 is 1.45 bits per heavy atom. The van der Waals surface area contributed by atoms with Gasteiger partial charge in [0, 0.05) is 17.3 Å². The molecule has 0 aromatic heterocycles. The summed E-state index contributed by atoms with van der Waals surface area (Å²) in [5, 5.41) is 0. The van der Waals surface area contributed by atoms with Gasteiger partial charge in [-0.15, -0.1) is 23.2 Å². The lowest BCUT2D eigenvalue weighted by molar-refractivity contribution is -0.136. The fraction of sp³-hybridized carbons (Fsp3) is 0.571. The number of carbonyl (C=O) groups is 1. The third-order valence-electron chi connectivity index (χ3n) is 0.605. The zero-order valence-corrected chi connectivity index (χ0v) is 8.21. The van der Waals surface area contributed by atoms with E-state index in [-0.39, 0.29) is 5.97 Å². The van der Waals surface area contributed by atoms with E-state index in [1.807, 2.05) is 0 Å². The Morgan fingerprint density at radius 2 is 1.82 bits per heavy atom. The van der Waals surface area contributed by atoms with Crippen LogP contribution in [0, 0.1) is 0 Å². The van der Waals surface area contributed by atoms with E-state index in [1.54, 1.807) is 6.92 Å². The lowest BCUT2D eigenvalue weighted by Gasteiger charge is -1.91. The molecule has 0 aromatic carbocycles. The van der Waals surface area contributed by atoms with Gasteiger partial charge in [0.05, 0.1) is 7.11 Å². The molecule has 0 aliphatic carbocycles. The highest BCUT2D eigenvalue weighted by Gasteiger charge is 1.95. The normalized spacial score (nSPS) is 7.64. The van der Waals surface area contributed by atoms with Crippen molar-refractivity contribution in [1.82, 2.24) is 0 Å². The number of alkyl halides is 2. The van der Waals surface area contributed by atoms with Crippen LogP contribution in [-0.2, 0) is 9.53 Å². The van der Waals surface area contributed by atoms with E-state index in [1.165, 1.54) is 7.11 Å². The monoisotopic (exact) mass is 198 g/mol. The Bertz CT molecular complexity index is 122. The molecule has 0 bridgehead atoms. The van der Waals surface area contributed by atoms with E-state index in [2.05, 4.69) is 11.3 Å². The summed E-state index contributed by atoms with van der Waals surface area (Å²) >= 11 is 10.1. The Hall–Kier alpha value is -0.210. The molecular weight excluding hydrogens is 187 g/mol. The van der Waals surface area contributed by atoms with E-state index < -0.39 is 0 Å². The summed E-state index contributed by atoms with van der Waals surface area (Å²) in [6.07, 6.45) is 0. The van der Waals surface area contributed by atoms with Crippen LogP contribution in [0.25, 0.3) is 0 Å². The number of carbonyl (C=O) groups excluding carboxylic acids is 1. The average Bonchev–Trinajstić information content (AvgIpc) is 2.03. The number of ether oxygens (including phenoxy) is 1. The van der Waals surface area contributed by atoms with Gasteiger partial charge in [-0.2, -0.15) is 0 Å². The molecule has 0 radical (unpaired) electrons. The van der Waals surface area contributed by atoms with Crippen LogP contribution in [0.1, 0.15) is 6.92 Å². The number of rotatable bonds is 2. The highest BCUT2D eigenvalue weighted by atomic mass is 35.5. The standard InChI is InChI=1S/C5H8O2.C2H4Cl2/c1-4(2)5(6)7-3;3-1-2-4/h1H2,2-3H3;1-2H2. The molecule has 0 aromatic rings. The van der Waals surface area contributed by atoms with Crippen molar-refractivity contribution in [3.8, 4) is 0 Å². The van der Waals surface area contributed by atoms with Crippen molar-refractivity contribution in [3.63, 3.8) is 0 Å². The van der Waals surface area contributed by atoms with Gasteiger partial charge in [-0.3, -0.25) is 0 Å². The Labute approximate surface area is 77.1 Å². The summed E-state index contributed by atoms with van der Waals surface area (Å²) < 4.78 is 4.27. The van der Waals surface area contributed by atoms with Gasteiger partial charge in [0.15, 0.2) is 0 Å². The molecule has 11 heavy (non-hydrogen) atoms. The second-order valence-electron chi connectivity index (χ2n) is 1.65. The van der Waals surface area contributed by atoms with Crippen LogP contribution in [0.3, 0.4) is 0 Å². The minimum absolute atomic E-state index is 0.347. The van der Waals surface area contributed by atoms with Crippen LogP contribution in [0.4, 0.5) is 0 Å². The van der Waals surface area contributed by atoms with Gasteiger partial charge in [-0.25, -0.2) is 4.79 Å². The molecular formula is C7H12Cl2O2. The molecule has 0 saturated heterocycles. The number of hydrogen-bond donors (Lipinski definition) is 0. The molecule has 0 atom stereocenters. The smallest absolute Gasteiger partial charge is 0.332 e. The van der Waals surface area contributed by atoms with Crippen molar-refractivity contribution >= 4 is 29.2 Å². The van der Waals surface area contributed by atoms with Crippen molar-refractivity contribution in [3.05, 3.63) is 12.2 Å². The number of methoxy groups -OCH3 is 1. The molecule has 66 valence electrons. The van der Waals surface area contributed by atoms with Crippen LogP contribution in [0.2, 0.25) is 0 Å². The molecule has 4 heteroatoms. The van der Waals surface area contributed by atoms with Crippen molar-refractivity contribution in [2.75, 3.05) is 18.9 Å². The van der Waals surface area contributed by atoms with E-state index in [4.69, 9.17) is 23.2 Å². The van der Waals surface area contributed by atoms with Gasteiger partial charge in [0.1, 0.15) is 0 Å². The quantitative estimate of drug-likeness (QED) is 0.387. The first kappa shape index (κ1) is 13.4. The Morgan fingerprint density at radius 3 is 1.82 bits per heavy atom. The first-order valence-corrected chi connectivity index (χ1v) is 4.02. The van der Waals surface area contributed by atoms with Gasteiger partial charge < -0.3 is 4.74 Å². The molecule has 0 spiro atoms. The molecule has 0 unspecified atom stereocenters. The minimum Gasteiger partial charge on any atom is -0.466 e. The van der Waals surface area contributed by atoms with Crippen molar-refractivity contribution in [2.45, 2.75) is 6.92 Å².